The van der Waals surface area contributed by atoms with Gasteiger partial charge in [0.05, 0.1) is 17.4 Å². The number of hydrogen-bond donors (Lipinski definition) is 1. The lowest BCUT2D eigenvalue weighted by Crippen LogP contribution is -2.36. The molecule has 0 saturated heterocycles. The highest BCUT2D eigenvalue weighted by Crippen LogP contribution is 2.02. The van der Waals surface area contributed by atoms with Gasteiger partial charge in [0.25, 0.3) is 10.6 Å². The highest BCUT2D eigenvalue weighted by Gasteiger charge is 2.07. The van der Waals surface area contributed by atoms with Gasteiger partial charge in [-0.1, -0.05) is 12.1 Å². The van der Waals surface area contributed by atoms with Crippen molar-refractivity contribution in [3.05, 3.63) is 55.2 Å². The van der Waals surface area contributed by atoms with Crippen LogP contribution in [-0.2, 0) is 11.4 Å². The zero-order valence-electron chi connectivity index (χ0n) is 9.16. The number of aromatic nitrogens is 2. The van der Waals surface area contributed by atoms with Crippen LogP contribution in [0.2, 0.25) is 0 Å². The standard InChI is InChI=1S/C10H9N3O5/c14-9-7-3-1-2-4-8(7)11-10(15)12(9)5-6-18-13(16)17/h1-4H,5-6H2,(H,11,15). The van der Waals surface area contributed by atoms with E-state index in [1.165, 1.54) is 0 Å². The number of para-hydroxylation sites is 1. The van der Waals surface area contributed by atoms with E-state index >= 15 is 0 Å². The third-order valence-electron chi connectivity index (χ3n) is 2.40. The molecular weight excluding hydrogens is 242 g/mol. The Hall–Kier alpha value is -2.64. The van der Waals surface area contributed by atoms with Crippen LogP contribution in [0, 0.1) is 10.1 Å². The van der Waals surface area contributed by atoms with Crippen molar-refractivity contribution in [2.75, 3.05) is 6.61 Å². The number of nitrogens with zero attached hydrogens (tertiary/aromatic N) is 2. The molecule has 0 bridgehead atoms. The molecule has 8 nitrogen and oxygen atoms in total. The number of benzene rings is 1. The molecule has 1 heterocycles. The predicted molar refractivity (Wildman–Crippen MR) is 61.8 cm³/mol. The Morgan fingerprint density at radius 1 is 1.33 bits per heavy atom. The van der Waals surface area contributed by atoms with E-state index in [2.05, 4.69) is 9.82 Å². The molecule has 0 amide bonds. The summed E-state index contributed by atoms with van der Waals surface area (Å²) in [6.45, 7) is -0.533. The Bertz CT molecular complexity index is 702. The molecular formula is C10H9N3O5. The van der Waals surface area contributed by atoms with Crippen LogP contribution in [0.25, 0.3) is 10.9 Å². The van der Waals surface area contributed by atoms with E-state index in [4.69, 9.17) is 0 Å². The highest BCUT2D eigenvalue weighted by atomic mass is 16.9. The third-order valence-corrected chi connectivity index (χ3v) is 2.40. The monoisotopic (exact) mass is 251 g/mol. The molecule has 1 aromatic carbocycles. The van der Waals surface area contributed by atoms with Gasteiger partial charge in [-0.05, 0) is 12.1 Å². The Morgan fingerprint density at radius 3 is 2.78 bits per heavy atom. The van der Waals surface area contributed by atoms with E-state index in [0.717, 1.165) is 4.57 Å². The van der Waals surface area contributed by atoms with Crippen molar-refractivity contribution in [1.29, 1.82) is 0 Å². The summed E-state index contributed by atoms with van der Waals surface area (Å²) in [5.41, 5.74) is -0.689. The summed E-state index contributed by atoms with van der Waals surface area (Å²) in [5, 5.41) is 9.36. The summed E-state index contributed by atoms with van der Waals surface area (Å²) in [7, 11) is 0. The number of nitrogens with one attached hydrogen (secondary N) is 1. The first kappa shape index (κ1) is 11.8. The van der Waals surface area contributed by atoms with Crippen molar-refractivity contribution in [1.82, 2.24) is 9.55 Å². The lowest BCUT2D eigenvalue weighted by atomic mass is 10.2. The van der Waals surface area contributed by atoms with Crippen LogP contribution >= 0.6 is 0 Å². The van der Waals surface area contributed by atoms with Gasteiger partial charge in [0.2, 0.25) is 0 Å². The van der Waals surface area contributed by atoms with E-state index in [-0.39, 0.29) is 13.2 Å². The second kappa shape index (κ2) is 4.70. The van der Waals surface area contributed by atoms with Gasteiger partial charge in [-0.15, -0.1) is 10.1 Å². The quantitative estimate of drug-likeness (QED) is 0.603. The van der Waals surface area contributed by atoms with Gasteiger partial charge >= 0.3 is 5.69 Å². The topological polar surface area (TPSA) is 107 Å². The minimum atomic E-state index is -0.972. The zero-order chi connectivity index (χ0) is 13.1. The van der Waals surface area contributed by atoms with Crippen molar-refractivity contribution in [2.24, 2.45) is 0 Å². The SMILES string of the molecule is O=c1[nH]c2ccccc2c(=O)n1CCO[N+](=O)[O-]. The number of H-pyrrole nitrogens is 1. The molecule has 0 unspecified atom stereocenters. The van der Waals surface area contributed by atoms with Crippen LogP contribution in [0.1, 0.15) is 0 Å². The molecule has 0 aliphatic carbocycles. The molecule has 0 fully saturated rings. The molecule has 1 N–H and O–H groups in total. The minimum Gasteiger partial charge on any atom is -0.312 e. The van der Waals surface area contributed by atoms with E-state index < -0.39 is 16.3 Å². The Kier molecular flexibility index (Phi) is 3.09. The molecule has 0 atom stereocenters. The smallest absolute Gasteiger partial charge is 0.312 e. The average Bonchev–Trinajstić information content (AvgIpc) is 2.33. The Labute approximate surface area is 99.5 Å². The second-order valence-corrected chi connectivity index (χ2v) is 3.49. The molecule has 94 valence electrons. The zero-order valence-corrected chi connectivity index (χ0v) is 9.16. The van der Waals surface area contributed by atoms with Gasteiger partial charge in [-0.3, -0.25) is 9.36 Å². The van der Waals surface area contributed by atoms with Gasteiger partial charge in [0, 0.05) is 0 Å². The maximum absolute atomic E-state index is 11.9. The van der Waals surface area contributed by atoms with Crippen molar-refractivity contribution in [2.45, 2.75) is 6.54 Å². The normalized spacial score (nSPS) is 10.4. The van der Waals surface area contributed by atoms with E-state index in [1.54, 1.807) is 24.3 Å². The van der Waals surface area contributed by atoms with Crippen molar-refractivity contribution in [3.63, 3.8) is 0 Å². The van der Waals surface area contributed by atoms with E-state index in [0.29, 0.717) is 10.9 Å². The van der Waals surface area contributed by atoms with Crippen LogP contribution in [0.5, 0.6) is 0 Å². The van der Waals surface area contributed by atoms with Crippen molar-refractivity contribution >= 4 is 10.9 Å². The minimum absolute atomic E-state index is 0.181. The molecule has 2 rings (SSSR count). The molecule has 0 aliphatic rings. The van der Waals surface area contributed by atoms with Gasteiger partial charge in [0.1, 0.15) is 6.61 Å². The number of hydrogen-bond acceptors (Lipinski definition) is 5. The maximum atomic E-state index is 11.9. The van der Waals surface area contributed by atoms with Crippen LogP contribution in [0.4, 0.5) is 0 Å². The fourth-order valence-electron chi connectivity index (χ4n) is 1.61. The van der Waals surface area contributed by atoms with Crippen LogP contribution < -0.4 is 11.2 Å². The van der Waals surface area contributed by atoms with E-state index in [9.17, 15) is 19.7 Å². The fourth-order valence-corrected chi connectivity index (χ4v) is 1.61. The first-order valence-corrected chi connectivity index (χ1v) is 5.09. The number of rotatable bonds is 4. The molecule has 18 heavy (non-hydrogen) atoms. The second-order valence-electron chi connectivity index (χ2n) is 3.49. The summed E-state index contributed by atoms with van der Waals surface area (Å²) in [4.78, 5) is 40.1. The first-order valence-electron chi connectivity index (χ1n) is 5.09. The summed E-state index contributed by atoms with van der Waals surface area (Å²) in [6, 6.07) is 6.53. The van der Waals surface area contributed by atoms with Gasteiger partial charge in [-0.25, -0.2) is 4.79 Å². The van der Waals surface area contributed by atoms with Crippen LogP contribution in [-0.4, -0.2) is 21.2 Å². The lowest BCUT2D eigenvalue weighted by Gasteiger charge is -2.05. The van der Waals surface area contributed by atoms with E-state index in [1.807, 2.05) is 0 Å². The highest BCUT2D eigenvalue weighted by molar-refractivity contribution is 5.76. The summed E-state index contributed by atoms with van der Waals surface area (Å²) < 4.78 is 0.867. The Balaban J connectivity index is 2.42. The molecule has 1 aromatic heterocycles. The number of fused-ring (bicyclic) bond motifs is 1. The number of aromatic amines is 1. The average molecular weight is 251 g/mol. The first-order chi connectivity index (χ1) is 8.59. The fraction of sp³-hybridized carbons (Fsp3) is 0.200. The lowest BCUT2D eigenvalue weighted by molar-refractivity contribution is -0.758. The molecule has 0 spiro atoms. The van der Waals surface area contributed by atoms with Crippen LogP contribution in [0.15, 0.2) is 33.9 Å². The Morgan fingerprint density at radius 2 is 2.06 bits per heavy atom. The largest absolute Gasteiger partial charge is 0.328 e. The van der Waals surface area contributed by atoms with Crippen LogP contribution in [0.3, 0.4) is 0 Å². The molecule has 0 aliphatic heterocycles. The molecule has 8 heteroatoms. The predicted octanol–water partition coefficient (Wildman–Crippen LogP) is -0.102. The van der Waals surface area contributed by atoms with Crippen molar-refractivity contribution < 1.29 is 9.92 Å². The third kappa shape index (κ3) is 2.21. The maximum Gasteiger partial charge on any atom is 0.328 e. The summed E-state index contributed by atoms with van der Waals surface area (Å²) in [6.07, 6.45) is 0. The van der Waals surface area contributed by atoms with Gasteiger partial charge in [0.15, 0.2) is 0 Å². The van der Waals surface area contributed by atoms with Crippen molar-refractivity contribution in [3.8, 4) is 0 Å². The summed E-state index contributed by atoms with van der Waals surface area (Å²) in [5.74, 6) is 0. The van der Waals surface area contributed by atoms with Gasteiger partial charge in [-0.2, -0.15) is 0 Å². The molecule has 0 saturated carbocycles. The summed E-state index contributed by atoms with van der Waals surface area (Å²) >= 11 is 0. The molecule has 2 aromatic rings. The van der Waals surface area contributed by atoms with Gasteiger partial charge < -0.3 is 9.82 Å². The molecule has 0 radical (unpaired) electrons.